The summed E-state index contributed by atoms with van der Waals surface area (Å²) in [4.78, 5) is 14.2. The maximum atomic E-state index is 13.3. The van der Waals surface area contributed by atoms with Crippen molar-refractivity contribution in [3.63, 3.8) is 0 Å². The number of anilines is 2. The van der Waals surface area contributed by atoms with Gasteiger partial charge in [0.2, 0.25) is 0 Å². The molecule has 1 aliphatic heterocycles. The molecule has 0 bridgehead atoms. The van der Waals surface area contributed by atoms with E-state index in [1.54, 1.807) is 17.0 Å². The van der Waals surface area contributed by atoms with Crippen LogP contribution in [0, 0.1) is 5.82 Å². The minimum absolute atomic E-state index is 0.0281. The molecule has 3 rings (SSSR count). The van der Waals surface area contributed by atoms with Crippen molar-refractivity contribution >= 4 is 17.3 Å². The Balaban J connectivity index is 2.02. The van der Waals surface area contributed by atoms with Gasteiger partial charge in [0.1, 0.15) is 11.6 Å². The minimum atomic E-state index is -0.550. The van der Waals surface area contributed by atoms with Gasteiger partial charge in [-0.25, -0.2) is 4.39 Å². The first-order chi connectivity index (χ1) is 10.1. The summed E-state index contributed by atoms with van der Waals surface area (Å²) in [5.41, 5.74) is 8.15. The standard InChI is InChI=1S/C16H15FN2O2/c17-11-3-6-15(20)13(9-11)16(21)19-7-1-2-10-8-12(18)4-5-14(10)19/h3-6,8-9,20H,1-2,7,18H2. The second kappa shape index (κ2) is 5.09. The van der Waals surface area contributed by atoms with Gasteiger partial charge in [-0.2, -0.15) is 0 Å². The topological polar surface area (TPSA) is 66.6 Å². The Hall–Kier alpha value is -2.56. The fraction of sp³-hybridized carbons (Fsp3) is 0.188. The molecule has 0 saturated heterocycles. The van der Waals surface area contributed by atoms with Crippen LogP contribution in [0.15, 0.2) is 36.4 Å². The molecule has 5 heteroatoms. The number of hydrogen-bond acceptors (Lipinski definition) is 3. The van der Waals surface area contributed by atoms with Crippen LogP contribution in [0.4, 0.5) is 15.8 Å². The number of hydrogen-bond donors (Lipinski definition) is 2. The van der Waals surface area contributed by atoms with Gasteiger partial charge >= 0.3 is 0 Å². The van der Waals surface area contributed by atoms with Crippen LogP contribution < -0.4 is 10.6 Å². The fourth-order valence-electron chi connectivity index (χ4n) is 2.65. The number of aromatic hydroxyl groups is 1. The molecule has 0 unspecified atom stereocenters. The highest BCUT2D eigenvalue weighted by Gasteiger charge is 2.25. The molecule has 1 amide bonds. The predicted molar refractivity (Wildman–Crippen MR) is 78.9 cm³/mol. The van der Waals surface area contributed by atoms with Gasteiger partial charge in [0.05, 0.1) is 5.56 Å². The van der Waals surface area contributed by atoms with Crippen molar-refractivity contribution in [2.75, 3.05) is 17.2 Å². The number of benzene rings is 2. The molecular weight excluding hydrogens is 271 g/mol. The molecule has 0 fully saturated rings. The van der Waals surface area contributed by atoms with Crippen molar-refractivity contribution in [1.29, 1.82) is 0 Å². The summed E-state index contributed by atoms with van der Waals surface area (Å²) in [5, 5.41) is 9.79. The molecule has 108 valence electrons. The van der Waals surface area contributed by atoms with Crippen LogP contribution in [0.5, 0.6) is 5.75 Å². The molecule has 21 heavy (non-hydrogen) atoms. The van der Waals surface area contributed by atoms with E-state index in [1.807, 2.05) is 6.07 Å². The van der Waals surface area contributed by atoms with Crippen LogP contribution in [-0.2, 0) is 6.42 Å². The lowest BCUT2D eigenvalue weighted by Gasteiger charge is -2.30. The van der Waals surface area contributed by atoms with E-state index < -0.39 is 11.7 Å². The molecule has 0 spiro atoms. The summed E-state index contributed by atoms with van der Waals surface area (Å²) in [7, 11) is 0. The number of aryl methyl sites for hydroxylation is 1. The molecule has 1 heterocycles. The Kier molecular flexibility index (Phi) is 3.25. The quantitative estimate of drug-likeness (QED) is 0.792. The summed E-state index contributed by atoms with van der Waals surface area (Å²) in [6, 6.07) is 8.74. The number of carbonyl (C=O) groups excluding carboxylic acids is 1. The van der Waals surface area contributed by atoms with Crippen molar-refractivity contribution in [1.82, 2.24) is 0 Å². The number of amides is 1. The van der Waals surface area contributed by atoms with Crippen molar-refractivity contribution in [2.24, 2.45) is 0 Å². The number of phenolic OH excluding ortho intramolecular Hbond substituents is 1. The van der Waals surface area contributed by atoms with Crippen molar-refractivity contribution in [3.05, 3.63) is 53.3 Å². The third kappa shape index (κ3) is 2.42. The molecule has 2 aromatic carbocycles. The van der Waals surface area contributed by atoms with Crippen molar-refractivity contribution in [2.45, 2.75) is 12.8 Å². The molecular formula is C16H15FN2O2. The number of nitrogens with two attached hydrogens (primary N) is 1. The van der Waals surface area contributed by atoms with Gasteiger partial charge in [0.25, 0.3) is 5.91 Å². The van der Waals surface area contributed by atoms with Gasteiger partial charge < -0.3 is 15.7 Å². The minimum Gasteiger partial charge on any atom is -0.507 e. The molecule has 1 aliphatic rings. The summed E-state index contributed by atoms with van der Waals surface area (Å²) in [6.07, 6.45) is 1.65. The van der Waals surface area contributed by atoms with Gasteiger partial charge in [-0.3, -0.25) is 4.79 Å². The number of halogens is 1. The van der Waals surface area contributed by atoms with Gasteiger partial charge in [-0.05, 0) is 54.8 Å². The summed E-state index contributed by atoms with van der Waals surface area (Å²) >= 11 is 0. The second-order valence-electron chi connectivity index (χ2n) is 5.11. The van der Waals surface area contributed by atoms with E-state index in [9.17, 15) is 14.3 Å². The SMILES string of the molecule is Nc1ccc2c(c1)CCCN2C(=O)c1cc(F)ccc1O. The highest BCUT2D eigenvalue weighted by Crippen LogP contribution is 2.31. The van der Waals surface area contributed by atoms with Crippen molar-refractivity contribution < 1.29 is 14.3 Å². The van der Waals surface area contributed by atoms with E-state index in [-0.39, 0.29) is 11.3 Å². The number of fused-ring (bicyclic) bond motifs is 1. The van der Waals surface area contributed by atoms with E-state index in [0.717, 1.165) is 36.2 Å². The van der Waals surface area contributed by atoms with Crippen LogP contribution >= 0.6 is 0 Å². The van der Waals surface area contributed by atoms with Crippen molar-refractivity contribution in [3.8, 4) is 5.75 Å². The van der Waals surface area contributed by atoms with E-state index >= 15 is 0 Å². The number of phenols is 1. The monoisotopic (exact) mass is 286 g/mol. The molecule has 0 radical (unpaired) electrons. The van der Waals surface area contributed by atoms with E-state index in [1.165, 1.54) is 6.07 Å². The van der Waals surface area contributed by atoms with Crippen LogP contribution in [0.1, 0.15) is 22.3 Å². The Labute approximate surface area is 121 Å². The van der Waals surface area contributed by atoms with Crippen LogP contribution in [-0.4, -0.2) is 17.6 Å². The lowest BCUT2D eigenvalue weighted by molar-refractivity contribution is 0.0982. The maximum absolute atomic E-state index is 13.3. The lowest BCUT2D eigenvalue weighted by Crippen LogP contribution is -2.35. The highest BCUT2D eigenvalue weighted by atomic mass is 19.1. The summed E-state index contributed by atoms with van der Waals surface area (Å²) < 4.78 is 13.3. The zero-order valence-corrected chi connectivity index (χ0v) is 11.3. The van der Waals surface area contributed by atoms with Crippen LogP contribution in [0.2, 0.25) is 0 Å². The largest absolute Gasteiger partial charge is 0.507 e. The normalized spacial score (nSPS) is 13.9. The van der Waals surface area contributed by atoms with Gasteiger partial charge in [-0.15, -0.1) is 0 Å². The first-order valence-corrected chi connectivity index (χ1v) is 6.75. The smallest absolute Gasteiger partial charge is 0.262 e. The lowest BCUT2D eigenvalue weighted by atomic mass is 10.00. The molecule has 0 saturated carbocycles. The molecule has 2 aromatic rings. The first-order valence-electron chi connectivity index (χ1n) is 6.75. The predicted octanol–water partition coefficient (Wildman–Crippen LogP) is 2.71. The first kappa shape index (κ1) is 13.4. The Morgan fingerprint density at radius 2 is 2.05 bits per heavy atom. The molecule has 0 atom stereocenters. The number of nitrogen functional groups attached to an aromatic ring is 1. The van der Waals surface area contributed by atoms with E-state index in [4.69, 9.17) is 5.73 Å². The Morgan fingerprint density at radius 1 is 1.24 bits per heavy atom. The molecule has 3 N–H and O–H groups in total. The Bertz CT molecular complexity index is 715. The van der Waals surface area contributed by atoms with Crippen LogP contribution in [0.3, 0.4) is 0 Å². The number of nitrogens with zero attached hydrogens (tertiary/aromatic N) is 1. The molecule has 0 aromatic heterocycles. The number of rotatable bonds is 1. The third-order valence-electron chi connectivity index (χ3n) is 3.66. The average Bonchev–Trinajstić information content (AvgIpc) is 2.48. The molecule has 4 nitrogen and oxygen atoms in total. The highest BCUT2D eigenvalue weighted by molar-refractivity contribution is 6.08. The number of carbonyl (C=O) groups is 1. The second-order valence-corrected chi connectivity index (χ2v) is 5.11. The van der Waals surface area contributed by atoms with Gasteiger partial charge in [0.15, 0.2) is 0 Å². The Morgan fingerprint density at radius 3 is 2.86 bits per heavy atom. The van der Waals surface area contributed by atoms with E-state index in [0.29, 0.717) is 12.2 Å². The fourth-order valence-corrected chi connectivity index (χ4v) is 2.65. The zero-order chi connectivity index (χ0) is 15.0. The van der Waals surface area contributed by atoms with E-state index in [2.05, 4.69) is 0 Å². The third-order valence-corrected chi connectivity index (χ3v) is 3.66. The molecule has 0 aliphatic carbocycles. The van der Waals surface area contributed by atoms with Gasteiger partial charge in [0, 0.05) is 17.9 Å². The summed E-state index contributed by atoms with van der Waals surface area (Å²) in [5.74, 6) is -1.17. The average molecular weight is 286 g/mol. The summed E-state index contributed by atoms with van der Waals surface area (Å²) in [6.45, 7) is 0.533. The van der Waals surface area contributed by atoms with Gasteiger partial charge in [-0.1, -0.05) is 0 Å². The van der Waals surface area contributed by atoms with Crippen LogP contribution in [0.25, 0.3) is 0 Å². The zero-order valence-electron chi connectivity index (χ0n) is 11.3. The maximum Gasteiger partial charge on any atom is 0.262 e.